The van der Waals surface area contributed by atoms with Gasteiger partial charge in [0.05, 0.1) is 16.0 Å². The van der Waals surface area contributed by atoms with Gasteiger partial charge in [0.15, 0.2) is 10.4 Å². The van der Waals surface area contributed by atoms with Crippen LogP contribution in [0.1, 0.15) is 0 Å². The Hall–Kier alpha value is -2.28. The summed E-state index contributed by atoms with van der Waals surface area (Å²) in [5.74, 6) is 0.458. The van der Waals surface area contributed by atoms with Gasteiger partial charge in [0.1, 0.15) is 5.82 Å². The van der Waals surface area contributed by atoms with Crippen LogP contribution in [-0.4, -0.2) is 15.0 Å². The van der Waals surface area contributed by atoms with Gasteiger partial charge in [0.2, 0.25) is 0 Å². The molecule has 24 heavy (non-hydrogen) atoms. The number of nitrogen functional groups attached to an aromatic ring is 1. The minimum Gasteiger partial charge on any atom is -0.385 e. The van der Waals surface area contributed by atoms with Crippen LogP contribution in [0.5, 0.6) is 0 Å². The van der Waals surface area contributed by atoms with Gasteiger partial charge in [0.25, 0.3) is 0 Å². The first-order valence-corrected chi connectivity index (χ1v) is 8.79. The van der Waals surface area contributed by atoms with E-state index in [0.717, 1.165) is 27.1 Å². The minimum atomic E-state index is 0.317. The number of nitrogens with zero attached hydrogens (tertiary/aromatic N) is 2. The molecule has 3 aromatic heterocycles. The molecular weight excluding hydrogens is 360 g/mol. The highest BCUT2D eigenvalue weighted by molar-refractivity contribution is 7.71. The van der Waals surface area contributed by atoms with Gasteiger partial charge in [-0.15, -0.1) is 11.3 Å². The molecule has 3 N–H and O–H groups in total. The van der Waals surface area contributed by atoms with Crippen LogP contribution in [0.2, 0.25) is 5.02 Å². The molecule has 0 unspecified atom stereocenters. The molecule has 0 spiro atoms. The fourth-order valence-corrected chi connectivity index (χ4v) is 3.60. The van der Waals surface area contributed by atoms with E-state index in [1.54, 1.807) is 11.3 Å². The molecule has 3 heterocycles. The molecule has 4 rings (SSSR count). The highest BCUT2D eigenvalue weighted by Crippen LogP contribution is 2.35. The summed E-state index contributed by atoms with van der Waals surface area (Å²) in [6, 6.07) is 13.6. The van der Waals surface area contributed by atoms with Gasteiger partial charge < -0.3 is 10.7 Å². The zero-order valence-electron chi connectivity index (χ0n) is 12.3. The van der Waals surface area contributed by atoms with Crippen molar-refractivity contribution in [2.45, 2.75) is 0 Å². The summed E-state index contributed by atoms with van der Waals surface area (Å²) in [4.78, 5) is 13.0. The van der Waals surface area contributed by atoms with Gasteiger partial charge in [-0.3, -0.25) is 0 Å². The SMILES string of the molecule is Nc1[nH]c(=S)nc2nc(-c3cccs3)cc(-c3ccc(Cl)cc3)c12. The van der Waals surface area contributed by atoms with E-state index in [0.29, 0.717) is 21.3 Å². The zero-order valence-corrected chi connectivity index (χ0v) is 14.7. The first kappa shape index (κ1) is 15.3. The number of rotatable bonds is 2. The molecule has 1 aromatic carbocycles. The number of benzene rings is 1. The first-order chi connectivity index (χ1) is 11.6. The van der Waals surface area contributed by atoms with Crippen molar-refractivity contribution in [3.05, 3.63) is 57.6 Å². The van der Waals surface area contributed by atoms with Gasteiger partial charge in [-0.05, 0) is 53.0 Å². The quantitative estimate of drug-likeness (QED) is 0.468. The molecule has 0 amide bonds. The molecule has 118 valence electrons. The van der Waals surface area contributed by atoms with Crippen LogP contribution < -0.4 is 5.73 Å². The van der Waals surface area contributed by atoms with Gasteiger partial charge in [-0.25, -0.2) is 4.98 Å². The standard InChI is InChI=1S/C17H11ClN4S2/c18-10-5-3-9(4-6-10)11-8-12(13-2-1-7-24-13)20-16-14(11)15(19)21-17(23)22-16/h1-8H,(H3,19,20,21,22,23). The number of aromatic nitrogens is 3. The van der Waals surface area contributed by atoms with E-state index in [4.69, 9.17) is 29.6 Å². The van der Waals surface area contributed by atoms with Crippen LogP contribution in [0.4, 0.5) is 5.82 Å². The Morgan fingerprint density at radius 2 is 1.92 bits per heavy atom. The van der Waals surface area contributed by atoms with E-state index in [1.807, 2.05) is 47.8 Å². The van der Waals surface area contributed by atoms with Crippen molar-refractivity contribution in [2.24, 2.45) is 0 Å². The monoisotopic (exact) mass is 370 g/mol. The molecule has 4 nitrogen and oxygen atoms in total. The number of halogens is 1. The van der Waals surface area contributed by atoms with Crippen molar-refractivity contribution >= 4 is 52.0 Å². The molecule has 0 saturated carbocycles. The van der Waals surface area contributed by atoms with E-state index in [1.165, 1.54) is 0 Å². The molecule has 0 fully saturated rings. The van der Waals surface area contributed by atoms with Crippen molar-refractivity contribution in [3.63, 3.8) is 0 Å². The van der Waals surface area contributed by atoms with Crippen molar-refractivity contribution in [1.82, 2.24) is 15.0 Å². The molecule has 0 bridgehead atoms. The van der Waals surface area contributed by atoms with Gasteiger partial charge in [0, 0.05) is 5.02 Å². The molecule has 0 aliphatic carbocycles. The second kappa shape index (κ2) is 5.98. The smallest absolute Gasteiger partial charge is 0.200 e. The van der Waals surface area contributed by atoms with Crippen molar-refractivity contribution in [1.29, 1.82) is 0 Å². The van der Waals surface area contributed by atoms with E-state index >= 15 is 0 Å². The van der Waals surface area contributed by atoms with Gasteiger partial charge >= 0.3 is 0 Å². The number of anilines is 1. The third-order valence-electron chi connectivity index (χ3n) is 3.65. The maximum atomic E-state index is 6.17. The van der Waals surface area contributed by atoms with Gasteiger partial charge in [-0.2, -0.15) is 4.98 Å². The normalized spacial score (nSPS) is 11.0. The molecule has 7 heteroatoms. The van der Waals surface area contributed by atoms with Crippen LogP contribution in [0.25, 0.3) is 32.7 Å². The number of aromatic amines is 1. The van der Waals surface area contributed by atoms with E-state index in [-0.39, 0.29) is 0 Å². The lowest BCUT2D eigenvalue weighted by Gasteiger charge is -2.11. The highest BCUT2D eigenvalue weighted by Gasteiger charge is 2.14. The number of nitrogens with two attached hydrogens (primary N) is 1. The zero-order chi connectivity index (χ0) is 16.7. The number of nitrogens with one attached hydrogen (secondary N) is 1. The molecule has 4 aromatic rings. The van der Waals surface area contributed by atoms with Crippen LogP contribution in [-0.2, 0) is 0 Å². The number of hydrogen-bond acceptors (Lipinski definition) is 5. The largest absolute Gasteiger partial charge is 0.385 e. The fourth-order valence-electron chi connectivity index (χ4n) is 2.59. The summed E-state index contributed by atoms with van der Waals surface area (Å²) in [5, 5.41) is 3.45. The van der Waals surface area contributed by atoms with E-state index < -0.39 is 0 Å². The second-order valence-electron chi connectivity index (χ2n) is 5.19. The molecule has 0 atom stereocenters. The predicted octanol–water partition coefficient (Wildman–Crippen LogP) is 5.32. The van der Waals surface area contributed by atoms with Crippen molar-refractivity contribution in [2.75, 3.05) is 5.73 Å². The average molecular weight is 371 g/mol. The van der Waals surface area contributed by atoms with Crippen LogP contribution in [0.15, 0.2) is 47.8 Å². The van der Waals surface area contributed by atoms with Crippen LogP contribution >= 0.6 is 35.2 Å². The van der Waals surface area contributed by atoms with E-state index in [2.05, 4.69) is 15.0 Å². The Morgan fingerprint density at radius 3 is 2.62 bits per heavy atom. The Morgan fingerprint density at radius 1 is 1.12 bits per heavy atom. The van der Waals surface area contributed by atoms with E-state index in [9.17, 15) is 0 Å². The maximum absolute atomic E-state index is 6.17. The number of pyridine rings is 1. The first-order valence-electron chi connectivity index (χ1n) is 7.12. The minimum absolute atomic E-state index is 0.317. The summed E-state index contributed by atoms with van der Waals surface area (Å²) < 4.78 is 0.317. The highest BCUT2D eigenvalue weighted by atomic mass is 35.5. The summed E-state index contributed by atoms with van der Waals surface area (Å²) >= 11 is 12.8. The Labute approximate surface area is 152 Å². The Kier molecular flexibility index (Phi) is 3.80. The third kappa shape index (κ3) is 2.69. The van der Waals surface area contributed by atoms with Crippen molar-refractivity contribution < 1.29 is 0 Å². The van der Waals surface area contributed by atoms with Crippen LogP contribution in [0.3, 0.4) is 0 Å². The van der Waals surface area contributed by atoms with Crippen molar-refractivity contribution in [3.8, 4) is 21.7 Å². The number of fused-ring (bicyclic) bond motifs is 1. The number of thiophene rings is 1. The topological polar surface area (TPSA) is 67.6 Å². The molecule has 0 saturated heterocycles. The number of hydrogen-bond donors (Lipinski definition) is 2. The number of H-pyrrole nitrogens is 1. The second-order valence-corrected chi connectivity index (χ2v) is 6.96. The molecule has 0 aliphatic rings. The summed E-state index contributed by atoms with van der Waals surface area (Å²) in [6.07, 6.45) is 0. The third-order valence-corrected chi connectivity index (χ3v) is 4.99. The lowest BCUT2D eigenvalue weighted by Crippen LogP contribution is -1.99. The van der Waals surface area contributed by atoms with Crippen LogP contribution in [0, 0.1) is 4.77 Å². The summed E-state index contributed by atoms with van der Waals surface area (Å²) in [6.45, 7) is 0. The molecule has 0 aliphatic heterocycles. The lowest BCUT2D eigenvalue weighted by atomic mass is 10.0. The van der Waals surface area contributed by atoms with Gasteiger partial charge in [-0.1, -0.05) is 29.8 Å². The molecule has 0 radical (unpaired) electrons. The summed E-state index contributed by atoms with van der Waals surface area (Å²) in [5.41, 5.74) is 9.48. The Bertz CT molecular complexity index is 1090. The summed E-state index contributed by atoms with van der Waals surface area (Å²) in [7, 11) is 0. The Balaban J connectivity index is 2.09. The lowest BCUT2D eigenvalue weighted by molar-refractivity contribution is 1.16. The average Bonchev–Trinajstić information content (AvgIpc) is 3.08. The maximum Gasteiger partial charge on any atom is 0.200 e. The predicted molar refractivity (Wildman–Crippen MR) is 103 cm³/mol. The fraction of sp³-hybridized carbons (Fsp3) is 0. The molecular formula is C17H11ClN4S2.